The maximum atomic E-state index is 5.51. The molecule has 0 aromatic carbocycles. The van der Waals surface area contributed by atoms with Crippen LogP contribution in [0.4, 0.5) is 0 Å². The Morgan fingerprint density at radius 2 is 2.28 bits per heavy atom. The van der Waals surface area contributed by atoms with Gasteiger partial charge in [0.25, 0.3) is 0 Å². The van der Waals surface area contributed by atoms with Crippen molar-refractivity contribution in [3.8, 4) is 16.9 Å². The van der Waals surface area contributed by atoms with Crippen LogP contribution in [0.1, 0.15) is 19.1 Å². The van der Waals surface area contributed by atoms with Crippen LogP contribution in [0.25, 0.3) is 11.1 Å². The van der Waals surface area contributed by atoms with E-state index in [0.717, 1.165) is 42.1 Å². The first-order valence-electron chi connectivity index (χ1n) is 6.11. The van der Waals surface area contributed by atoms with Crippen molar-refractivity contribution in [3.05, 3.63) is 36.5 Å². The zero-order valence-electron chi connectivity index (χ0n) is 10.8. The van der Waals surface area contributed by atoms with Crippen molar-refractivity contribution in [3.63, 3.8) is 0 Å². The Kier molecular flexibility index (Phi) is 4.36. The van der Waals surface area contributed by atoms with Crippen molar-refractivity contribution in [2.24, 2.45) is 0 Å². The van der Waals surface area contributed by atoms with Crippen LogP contribution >= 0.6 is 0 Å². The highest BCUT2D eigenvalue weighted by molar-refractivity contribution is 5.65. The van der Waals surface area contributed by atoms with Gasteiger partial charge in [0.15, 0.2) is 0 Å². The van der Waals surface area contributed by atoms with E-state index in [0.29, 0.717) is 0 Å². The highest BCUT2D eigenvalue weighted by atomic mass is 16.5. The summed E-state index contributed by atoms with van der Waals surface area (Å²) in [5, 5.41) is 3.33. The molecular weight excluding hydrogens is 228 g/mol. The van der Waals surface area contributed by atoms with Crippen LogP contribution in [0.2, 0.25) is 0 Å². The fraction of sp³-hybridized carbons (Fsp3) is 0.357. The molecule has 2 heterocycles. The normalized spacial score (nSPS) is 10.6. The summed E-state index contributed by atoms with van der Waals surface area (Å²) < 4.78 is 10.7. The second kappa shape index (κ2) is 6.21. The molecule has 0 amide bonds. The van der Waals surface area contributed by atoms with Gasteiger partial charge < -0.3 is 14.5 Å². The Labute approximate surface area is 107 Å². The van der Waals surface area contributed by atoms with Crippen molar-refractivity contribution in [1.29, 1.82) is 0 Å². The molecule has 18 heavy (non-hydrogen) atoms. The van der Waals surface area contributed by atoms with E-state index in [2.05, 4.69) is 17.2 Å². The molecule has 0 aliphatic rings. The Hall–Kier alpha value is -1.81. The monoisotopic (exact) mass is 246 g/mol. The Morgan fingerprint density at radius 3 is 3.06 bits per heavy atom. The van der Waals surface area contributed by atoms with E-state index in [4.69, 9.17) is 9.15 Å². The third-order valence-electron chi connectivity index (χ3n) is 2.72. The van der Waals surface area contributed by atoms with E-state index >= 15 is 0 Å². The molecule has 96 valence electrons. The minimum atomic E-state index is 0.730. The third kappa shape index (κ3) is 2.90. The van der Waals surface area contributed by atoms with Crippen molar-refractivity contribution in [2.75, 3.05) is 13.7 Å². The van der Waals surface area contributed by atoms with Crippen LogP contribution in [0.3, 0.4) is 0 Å². The molecule has 0 aliphatic carbocycles. The SMILES string of the molecule is CCCNCc1occc1-c1cncc(OC)c1. The first-order valence-corrected chi connectivity index (χ1v) is 6.11. The van der Waals surface area contributed by atoms with E-state index in [1.807, 2.05) is 18.3 Å². The lowest BCUT2D eigenvalue weighted by atomic mass is 10.1. The molecule has 2 aromatic heterocycles. The molecule has 0 atom stereocenters. The molecule has 2 rings (SSSR count). The smallest absolute Gasteiger partial charge is 0.137 e. The number of aromatic nitrogens is 1. The summed E-state index contributed by atoms with van der Waals surface area (Å²) in [4.78, 5) is 4.16. The van der Waals surface area contributed by atoms with Gasteiger partial charge in [-0.3, -0.25) is 4.98 Å². The number of pyridine rings is 1. The summed E-state index contributed by atoms with van der Waals surface area (Å²) in [6.45, 7) is 3.85. The topological polar surface area (TPSA) is 47.3 Å². The summed E-state index contributed by atoms with van der Waals surface area (Å²) in [6.07, 6.45) is 6.32. The molecule has 0 radical (unpaired) electrons. The number of hydrogen-bond acceptors (Lipinski definition) is 4. The average Bonchev–Trinajstić information content (AvgIpc) is 2.87. The molecule has 1 N–H and O–H groups in total. The molecule has 4 nitrogen and oxygen atoms in total. The molecule has 0 fully saturated rings. The summed E-state index contributed by atoms with van der Waals surface area (Å²) in [5.41, 5.74) is 2.07. The fourth-order valence-electron chi connectivity index (χ4n) is 1.79. The van der Waals surface area contributed by atoms with Gasteiger partial charge in [-0.05, 0) is 25.1 Å². The zero-order valence-corrected chi connectivity index (χ0v) is 10.8. The van der Waals surface area contributed by atoms with Crippen LogP contribution in [-0.4, -0.2) is 18.6 Å². The first-order chi connectivity index (χ1) is 8.85. The molecule has 0 saturated heterocycles. The fourth-order valence-corrected chi connectivity index (χ4v) is 1.79. The number of ether oxygens (including phenoxy) is 1. The van der Waals surface area contributed by atoms with E-state index in [9.17, 15) is 0 Å². The molecule has 0 saturated carbocycles. The lowest BCUT2D eigenvalue weighted by molar-refractivity contribution is 0.413. The van der Waals surface area contributed by atoms with Crippen molar-refractivity contribution < 1.29 is 9.15 Å². The van der Waals surface area contributed by atoms with Crippen LogP contribution in [0, 0.1) is 0 Å². The van der Waals surface area contributed by atoms with Gasteiger partial charge in [0.1, 0.15) is 11.5 Å². The molecule has 4 heteroatoms. The van der Waals surface area contributed by atoms with Gasteiger partial charge in [-0.1, -0.05) is 6.92 Å². The minimum absolute atomic E-state index is 0.730. The number of furan rings is 1. The molecular formula is C14H18N2O2. The molecule has 0 spiro atoms. The number of nitrogens with one attached hydrogen (secondary N) is 1. The number of hydrogen-bond donors (Lipinski definition) is 1. The van der Waals surface area contributed by atoms with Gasteiger partial charge in [0.2, 0.25) is 0 Å². The van der Waals surface area contributed by atoms with Crippen molar-refractivity contribution in [2.45, 2.75) is 19.9 Å². The Balaban J connectivity index is 2.19. The number of methoxy groups -OCH3 is 1. The molecule has 0 unspecified atom stereocenters. The second-order valence-corrected chi connectivity index (χ2v) is 4.05. The van der Waals surface area contributed by atoms with Gasteiger partial charge in [0.05, 0.1) is 26.1 Å². The third-order valence-corrected chi connectivity index (χ3v) is 2.72. The molecule has 2 aromatic rings. The highest BCUT2D eigenvalue weighted by Gasteiger charge is 2.09. The average molecular weight is 246 g/mol. The standard InChI is InChI=1S/C14H18N2O2/c1-3-5-15-10-14-13(4-6-18-14)11-7-12(17-2)9-16-8-11/h4,6-9,15H,3,5,10H2,1-2H3. The lowest BCUT2D eigenvalue weighted by Gasteiger charge is -2.05. The second-order valence-electron chi connectivity index (χ2n) is 4.05. The number of nitrogens with zero attached hydrogens (tertiary/aromatic N) is 1. The summed E-state index contributed by atoms with van der Waals surface area (Å²) in [6, 6.07) is 3.92. The van der Waals surface area contributed by atoms with Gasteiger partial charge in [-0.25, -0.2) is 0 Å². The zero-order chi connectivity index (χ0) is 12.8. The largest absolute Gasteiger partial charge is 0.495 e. The lowest BCUT2D eigenvalue weighted by Crippen LogP contribution is -2.13. The maximum Gasteiger partial charge on any atom is 0.137 e. The van der Waals surface area contributed by atoms with Crippen LogP contribution in [0.5, 0.6) is 5.75 Å². The van der Waals surface area contributed by atoms with E-state index in [1.54, 1.807) is 19.6 Å². The van der Waals surface area contributed by atoms with Crippen LogP contribution < -0.4 is 10.1 Å². The predicted octanol–water partition coefficient (Wildman–Crippen LogP) is 2.85. The summed E-state index contributed by atoms with van der Waals surface area (Å²) >= 11 is 0. The summed E-state index contributed by atoms with van der Waals surface area (Å²) in [7, 11) is 1.64. The Bertz CT molecular complexity index is 494. The Morgan fingerprint density at radius 1 is 1.39 bits per heavy atom. The minimum Gasteiger partial charge on any atom is -0.495 e. The van der Waals surface area contributed by atoms with Crippen LogP contribution in [0.15, 0.2) is 35.2 Å². The maximum absolute atomic E-state index is 5.51. The molecule has 0 aliphatic heterocycles. The van der Waals surface area contributed by atoms with Gasteiger partial charge >= 0.3 is 0 Å². The van der Waals surface area contributed by atoms with Gasteiger partial charge in [-0.2, -0.15) is 0 Å². The molecule has 0 bridgehead atoms. The van der Waals surface area contributed by atoms with E-state index in [-0.39, 0.29) is 0 Å². The van der Waals surface area contributed by atoms with E-state index < -0.39 is 0 Å². The van der Waals surface area contributed by atoms with Crippen molar-refractivity contribution >= 4 is 0 Å². The summed E-state index contributed by atoms with van der Waals surface area (Å²) in [5.74, 6) is 1.68. The van der Waals surface area contributed by atoms with Crippen LogP contribution in [-0.2, 0) is 6.54 Å². The van der Waals surface area contributed by atoms with Gasteiger partial charge in [-0.15, -0.1) is 0 Å². The predicted molar refractivity (Wildman–Crippen MR) is 70.5 cm³/mol. The highest BCUT2D eigenvalue weighted by Crippen LogP contribution is 2.26. The number of rotatable bonds is 6. The van der Waals surface area contributed by atoms with E-state index in [1.165, 1.54) is 0 Å². The first kappa shape index (κ1) is 12.6. The quantitative estimate of drug-likeness (QED) is 0.796. The van der Waals surface area contributed by atoms with Gasteiger partial charge in [0, 0.05) is 17.3 Å². The van der Waals surface area contributed by atoms with Crippen molar-refractivity contribution in [1.82, 2.24) is 10.3 Å².